The minimum atomic E-state index is -2.04. The van der Waals surface area contributed by atoms with Gasteiger partial charge in [-0.25, -0.2) is 4.79 Å². The van der Waals surface area contributed by atoms with Crippen LogP contribution in [0.3, 0.4) is 0 Å². The molecule has 0 aromatic heterocycles. The zero-order valence-electron chi connectivity index (χ0n) is 29.1. The number of aliphatic hydroxyl groups excluding tert-OH is 1. The van der Waals surface area contributed by atoms with E-state index in [1.165, 1.54) is 54.6 Å². The molecule has 7 N–H and O–H groups in total. The van der Waals surface area contributed by atoms with E-state index in [1.807, 2.05) is 30.3 Å². The topological polar surface area (TPSA) is 215 Å². The first-order chi connectivity index (χ1) is 25.5. The van der Waals surface area contributed by atoms with Crippen molar-refractivity contribution in [3.8, 4) is 23.0 Å². The Labute approximate surface area is 306 Å². The molecule has 2 aliphatic rings. The summed E-state index contributed by atoms with van der Waals surface area (Å²) in [6.45, 7) is 0.0382. The molecule has 1 saturated carbocycles. The number of hydrogen-bond acceptors (Lipinski definition) is 12. The van der Waals surface area contributed by atoms with E-state index in [-0.39, 0.29) is 67.9 Å². The number of aromatic hydroxyl groups is 3. The summed E-state index contributed by atoms with van der Waals surface area (Å²) >= 11 is 0. The maximum absolute atomic E-state index is 13.7. The summed E-state index contributed by atoms with van der Waals surface area (Å²) in [5.74, 6) is -3.11. The number of aryl methyl sites for hydroxylation is 1. The van der Waals surface area contributed by atoms with Crippen LogP contribution >= 0.6 is 0 Å². The number of carbonyl (C=O) groups excluding carboxylic acids is 2. The Kier molecular flexibility index (Phi) is 13.4. The smallest absolute Gasteiger partial charge is 0.336 e. The lowest BCUT2D eigenvalue weighted by molar-refractivity contribution is -0.230. The number of fused-ring (bicyclic) bond motifs is 1. The number of ether oxygens (including phenoxy) is 4. The van der Waals surface area contributed by atoms with Gasteiger partial charge in [0.2, 0.25) is 0 Å². The number of carbonyl (C=O) groups is 3. The van der Waals surface area contributed by atoms with Gasteiger partial charge in [-0.1, -0.05) is 54.6 Å². The molecule has 3 aromatic rings. The number of hydrogen-bond donors (Lipinski definition) is 6. The molecule has 13 heteroatoms. The number of aliphatic hydroxyl groups is 1. The summed E-state index contributed by atoms with van der Waals surface area (Å²) in [5.41, 5.74) is 5.44. The first-order valence-electron chi connectivity index (χ1n) is 17.4. The first-order valence-corrected chi connectivity index (χ1v) is 17.4. The Hall–Kier alpha value is -5.05. The predicted molar refractivity (Wildman–Crippen MR) is 193 cm³/mol. The molecule has 0 spiro atoms. The summed E-state index contributed by atoms with van der Waals surface area (Å²) < 4.78 is 23.6. The van der Waals surface area contributed by atoms with Crippen molar-refractivity contribution in [1.82, 2.24) is 0 Å². The van der Waals surface area contributed by atoms with Crippen LogP contribution in [0.4, 0.5) is 0 Å². The van der Waals surface area contributed by atoms with Crippen LogP contribution in [0.15, 0.2) is 78.9 Å². The Bertz CT molecular complexity index is 1790. The highest BCUT2D eigenvalue weighted by atomic mass is 16.6. The SMILES string of the molecule is NCCOc1ccc(C=CC(=O)CO[C@@]2(C(=O)O)C[C@@H](O)[C@H]3OC[C@H](CCc4ccccc4)C[C@@H](C(=O)C=Cc4ccc(O)c(O)c4)O[C@H]3C2)cc1O. The van der Waals surface area contributed by atoms with Crippen LogP contribution in [0, 0.1) is 5.92 Å². The van der Waals surface area contributed by atoms with Crippen molar-refractivity contribution in [2.45, 2.75) is 62.1 Å². The Morgan fingerprint density at radius 3 is 2.32 bits per heavy atom. The van der Waals surface area contributed by atoms with Crippen molar-refractivity contribution in [1.29, 1.82) is 0 Å². The fraction of sp³-hybridized carbons (Fsp3) is 0.375. The number of phenolic OH excluding ortho intramolecular Hbond substituents is 3. The minimum absolute atomic E-state index is 0.143. The predicted octanol–water partition coefficient (Wildman–Crippen LogP) is 3.79. The summed E-state index contributed by atoms with van der Waals surface area (Å²) in [6, 6.07) is 18.5. The van der Waals surface area contributed by atoms with Gasteiger partial charge >= 0.3 is 5.97 Å². The summed E-state index contributed by atoms with van der Waals surface area (Å²) in [5, 5.41) is 51.4. The van der Waals surface area contributed by atoms with Crippen LogP contribution < -0.4 is 10.5 Å². The molecule has 2 fully saturated rings. The third-order valence-electron chi connectivity index (χ3n) is 9.37. The van der Waals surface area contributed by atoms with E-state index in [0.717, 1.165) is 5.56 Å². The summed E-state index contributed by atoms with van der Waals surface area (Å²) in [4.78, 5) is 39.3. The fourth-order valence-corrected chi connectivity index (χ4v) is 6.51. The molecule has 53 heavy (non-hydrogen) atoms. The van der Waals surface area contributed by atoms with Crippen molar-refractivity contribution >= 4 is 29.7 Å². The van der Waals surface area contributed by atoms with Crippen LogP contribution in [0.25, 0.3) is 12.2 Å². The number of carboxylic acids is 1. The second-order valence-corrected chi connectivity index (χ2v) is 13.3. The molecule has 5 rings (SSSR count). The lowest BCUT2D eigenvalue weighted by Gasteiger charge is -2.46. The maximum atomic E-state index is 13.7. The average molecular weight is 732 g/mol. The molecule has 13 nitrogen and oxygen atoms in total. The van der Waals surface area contributed by atoms with Crippen LogP contribution in [0.1, 0.15) is 42.4 Å². The molecule has 1 saturated heterocycles. The van der Waals surface area contributed by atoms with Gasteiger partial charge in [-0.3, -0.25) is 9.59 Å². The van der Waals surface area contributed by atoms with Crippen LogP contribution in [-0.4, -0.2) is 99.5 Å². The number of phenols is 3. The molecule has 3 aromatic carbocycles. The summed E-state index contributed by atoms with van der Waals surface area (Å²) in [7, 11) is 0. The van der Waals surface area contributed by atoms with Gasteiger partial charge in [0.1, 0.15) is 25.4 Å². The molecule has 0 amide bonds. The third kappa shape index (κ3) is 10.5. The second kappa shape index (κ2) is 18.1. The van der Waals surface area contributed by atoms with E-state index >= 15 is 0 Å². The molecule has 6 atom stereocenters. The van der Waals surface area contributed by atoms with E-state index < -0.39 is 54.2 Å². The molecule has 1 aliphatic carbocycles. The van der Waals surface area contributed by atoms with Gasteiger partial charge in [0.05, 0.1) is 18.8 Å². The van der Waals surface area contributed by atoms with E-state index in [4.69, 9.17) is 24.7 Å². The van der Waals surface area contributed by atoms with Crippen molar-refractivity contribution in [3.05, 3.63) is 95.6 Å². The van der Waals surface area contributed by atoms with Crippen LogP contribution in [0.2, 0.25) is 0 Å². The maximum Gasteiger partial charge on any atom is 0.336 e. The Balaban J connectivity index is 1.31. The lowest BCUT2D eigenvalue weighted by Crippen LogP contribution is -2.60. The Morgan fingerprint density at radius 1 is 0.906 bits per heavy atom. The number of nitrogens with two attached hydrogens (primary N) is 1. The van der Waals surface area contributed by atoms with Gasteiger partial charge in [0.25, 0.3) is 0 Å². The molecule has 0 bridgehead atoms. The van der Waals surface area contributed by atoms with E-state index in [9.17, 15) is 39.9 Å². The standard InChI is InChI=1S/C40H45NO12/c41-16-17-50-35-15-11-26(19-33(35)46)8-12-29(42)24-52-40(39(48)49)21-34(47)38-37(22-40)53-36(31(44)14-10-27-9-13-30(43)32(45)18-27)20-28(23-51-38)7-6-25-4-2-1-3-5-25/h1-5,8-15,18-19,28,34,36-38,43,45-47H,6-7,16-17,20-24,41H2,(H,48,49)/t28-,34-,36+,37+,38-,40+/m1/s1. The molecule has 1 heterocycles. The molecule has 282 valence electrons. The highest BCUT2D eigenvalue weighted by Gasteiger charge is 2.54. The molecular weight excluding hydrogens is 686 g/mol. The van der Waals surface area contributed by atoms with Crippen LogP contribution in [-0.2, 0) is 35.0 Å². The second-order valence-electron chi connectivity index (χ2n) is 13.3. The first kappa shape index (κ1) is 39.2. The lowest BCUT2D eigenvalue weighted by atomic mass is 9.78. The number of ketones is 2. The molecule has 0 unspecified atom stereocenters. The quantitative estimate of drug-likeness (QED) is 0.0971. The number of carboxylic acid groups (broad SMARTS) is 1. The van der Waals surface area contributed by atoms with Gasteiger partial charge in [-0.15, -0.1) is 0 Å². The van der Waals surface area contributed by atoms with Gasteiger partial charge < -0.3 is 50.2 Å². The molecular formula is C40H45NO12. The Morgan fingerprint density at radius 2 is 1.62 bits per heavy atom. The number of rotatable bonds is 15. The van der Waals surface area contributed by atoms with Gasteiger partial charge in [-0.05, 0) is 78.3 Å². The van der Waals surface area contributed by atoms with E-state index in [0.29, 0.717) is 24.0 Å². The molecule has 0 radical (unpaired) electrons. The number of benzene rings is 3. The van der Waals surface area contributed by atoms with Crippen molar-refractivity contribution < 1.29 is 58.9 Å². The van der Waals surface area contributed by atoms with Crippen molar-refractivity contribution in [2.75, 3.05) is 26.4 Å². The minimum Gasteiger partial charge on any atom is -0.504 e. The van der Waals surface area contributed by atoms with Gasteiger partial charge in [-0.2, -0.15) is 0 Å². The van der Waals surface area contributed by atoms with Crippen molar-refractivity contribution in [2.24, 2.45) is 11.7 Å². The van der Waals surface area contributed by atoms with Gasteiger partial charge in [0.15, 0.2) is 40.2 Å². The largest absolute Gasteiger partial charge is 0.504 e. The summed E-state index contributed by atoms with van der Waals surface area (Å²) in [6.07, 6.45) is 1.84. The zero-order valence-corrected chi connectivity index (χ0v) is 29.1. The number of aliphatic carboxylic acids is 1. The third-order valence-corrected chi connectivity index (χ3v) is 9.37. The highest BCUT2D eigenvalue weighted by Crippen LogP contribution is 2.39. The average Bonchev–Trinajstić information content (AvgIpc) is 3.13. The van der Waals surface area contributed by atoms with Crippen LogP contribution in [0.5, 0.6) is 23.0 Å². The zero-order chi connectivity index (χ0) is 38.0. The van der Waals surface area contributed by atoms with Gasteiger partial charge in [0, 0.05) is 19.4 Å². The van der Waals surface area contributed by atoms with Crippen molar-refractivity contribution in [3.63, 3.8) is 0 Å². The monoisotopic (exact) mass is 731 g/mol. The van der Waals surface area contributed by atoms with E-state index in [1.54, 1.807) is 6.07 Å². The normalized spacial score (nSPS) is 24.7. The highest BCUT2D eigenvalue weighted by molar-refractivity contribution is 5.97. The van der Waals surface area contributed by atoms with E-state index in [2.05, 4.69) is 0 Å². The fourth-order valence-electron chi connectivity index (χ4n) is 6.51. The molecule has 1 aliphatic heterocycles.